The van der Waals surface area contributed by atoms with E-state index in [-0.39, 0.29) is 11.5 Å². The minimum absolute atomic E-state index is 0.194. The van der Waals surface area contributed by atoms with E-state index in [1.54, 1.807) is 0 Å². The lowest BCUT2D eigenvalue weighted by Crippen LogP contribution is -2.19. The van der Waals surface area contributed by atoms with Gasteiger partial charge >= 0.3 is 0 Å². The van der Waals surface area contributed by atoms with E-state index in [1.165, 1.54) is 5.56 Å². The lowest BCUT2D eigenvalue weighted by molar-refractivity contribution is 0.189. The van der Waals surface area contributed by atoms with Crippen LogP contribution in [-0.4, -0.2) is 12.6 Å². The van der Waals surface area contributed by atoms with Crippen molar-refractivity contribution >= 4 is 0 Å². The predicted molar refractivity (Wildman–Crippen MR) is 73.5 cm³/mol. The van der Waals surface area contributed by atoms with E-state index in [2.05, 4.69) is 52.0 Å². The smallest absolute Gasteiger partial charge is 0.119 e. The third kappa shape index (κ3) is 4.39. The molecule has 96 valence electrons. The summed E-state index contributed by atoms with van der Waals surface area (Å²) in [6.07, 6.45) is 2.15. The summed E-state index contributed by atoms with van der Waals surface area (Å²) in [7, 11) is 0. The molecule has 1 unspecified atom stereocenters. The van der Waals surface area contributed by atoms with Gasteiger partial charge in [-0.25, -0.2) is 0 Å². The normalized spacial score (nSPS) is 13.5. The highest BCUT2D eigenvalue weighted by atomic mass is 16.5. The summed E-state index contributed by atoms with van der Waals surface area (Å²) in [6.45, 7) is 9.45. The van der Waals surface area contributed by atoms with E-state index in [1.807, 2.05) is 0 Å². The van der Waals surface area contributed by atoms with E-state index >= 15 is 0 Å². The van der Waals surface area contributed by atoms with Crippen molar-refractivity contribution in [3.63, 3.8) is 0 Å². The zero-order valence-electron chi connectivity index (χ0n) is 11.5. The SMILES string of the molecule is CCC(CCN)Oc1ccc(C(C)(C)C)cc1. The Morgan fingerprint density at radius 1 is 1.18 bits per heavy atom. The largest absolute Gasteiger partial charge is 0.490 e. The van der Waals surface area contributed by atoms with E-state index < -0.39 is 0 Å². The Bertz CT molecular complexity index is 324. The zero-order valence-corrected chi connectivity index (χ0v) is 11.5. The Morgan fingerprint density at radius 3 is 2.18 bits per heavy atom. The molecule has 0 saturated carbocycles. The van der Waals surface area contributed by atoms with Gasteiger partial charge < -0.3 is 10.5 Å². The Balaban J connectivity index is 2.68. The summed E-state index contributed by atoms with van der Waals surface area (Å²) in [5.74, 6) is 0.943. The van der Waals surface area contributed by atoms with Gasteiger partial charge in [0.15, 0.2) is 0 Å². The summed E-state index contributed by atoms with van der Waals surface area (Å²) in [4.78, 5) is 0. The first kappa shape index (κ1) is 14.0. The first-order valence-corrected chi connectivity index (χ1v) is 6.44. The number of ether oxygens (including phenoxy) is 1. The van der Waals surface area contributed by atoms with Crippen molar-refractivity contribution in [2.75, 3.05) is 6.54 Å². The molecule has 17 heavy (non-hydrogen) atoms. The molecule has 1 atom stereocenters. The van der Waals surface area contributed by atoms with Crippen molar-refractivity contribution < 1.29 is 4.74 Å². The second-order valence-corrected chi connectivity index (χ2v) is 5.50. The van der Waals surface area contributed by atoms with E-state index in [9.17, 15) is 0 Å². The molecular formula is C15H25NO. The van der Waals surface area contributed by atoms with E-state index in [0.29, 0.717) is 6.54 Å². The molecule has 2 N–H and O–H groups in total. The zero-order chi connectivity index (χ0) is 12.9. The molecule has 0 aliphatic carbocycles. The van der Waals surface area contributed by atoms with Crippen LogP contribution in [0, 0.1) is 0 Å². The maximum absolute atomic E-state index is 5.89. The van der Waals surface area contributed by atoms with Gasteiger partial charge in [-0.1, -0.05) is 39.8 Å². The molecule has 1 aromatic carbocycles. The van der Waals surface area contributed by atoms with Crippen LogP contribution in [0.5, 0.6) is 5.75 Å². The molecule has 0 bridgehead atoms. The van der Waals surface area contributed by atoms with Crippen LogP contribution in [-0.2, 0) is 5.41 Å². The van der Waals surface area contributed by atoms with Crippen LogP contribution in [0.3, 0.4) is 0 Å². The van der Waals surface area contributed by atoms with Crippen molar-refractivity contribution in [3.05, 3.63) is 29.8 Å². The molecule has 2 nitrogen and oxygen atoms in total. The van der Waals surface area contributed by atoms with Gasteiger partial charge in [0.2, 0.25) is 0 Å². The minimum atomic E-state index is 0.194. The highest BCUT2D eigenvalue weighted by molar-refractivity contribution is 5.31. The summed E-state index contributed by atoms with van der Waals surface area (Å²) in [5.41, 5.74) is 7.08. The number of rotatable bonds is 5. The van der Waals surface area contributed by atoms with Crippen molar-refractivity contribution in [2.24, 2.45) is 5.73 Å². The Labute approximate surface area is 105 Å². The maximum atomic E-state index is 5.89. The van der Waals surface area contributed by atoms with Gasteiger partial charge in [0.25, 0.3) is 0 Å². The molecule has 0 aliphatic rings. The molecule has 0 fully saturated rings. The van der Waals surface area contributed by atoms with Crippen molar-refractivity contribution in [1.29, 1.82) is 0 Å². The first-order valence-electron chi connectivity index (χ1n) is 6.44. The third-order valence-corrected chi connectivity index (χ3v) is 2.97. The molecular weight excluding hydrogens is 210 g/mol. The van der Waals surface area contributed by atoms with Gasteiger partial charge in [-0.05, 0) is 42.5 Å². The highest BCUT2D eigenvalue weighted by Gasteiger charge is 2.13. The second-order valence-electron chi connectivity index (χ2n) is 5.50. The van der Waals surface area contributed by atoms with Gasteiger partial charge in [0.1, 0.15) is 5.75 Å². The Morgan fingerprint density at radius 2 is 1.76 bits per heavy atom. The fourth-order valence-electron chi connectivity index (χ4n) is 1.76. The molecule has 0 heterocycles. The van der Waals surface area contributed by atoms with Gasteiger partial charge in [-0.2, -0.15) is 0 Å². The average molecular weight is 235 g/mol. The van der Waals surface area contributed by atoms with Crippen molar-refractivity contribution in [2.45, 2.75) is 52.1 Å². The number of hydrogen-bond donors (Lipinski definition) is 1. The third-order valence-electron chi connectivity index (χ3n) is 2.97. The lowest BCUT2D eigenvalue weighted by Gasteiger charge is -2.21. The van der Waals surface area contributed by atoms with Crippen LogP contribution >= 0.6 is 0 Å². The van der Waals surface area contributed by atoms with Crippen LogP contribution in [0.25, 0.3) is 0 Å². The fourth-order valence-corrected chi connectivity index (χ4v) is 1.76. The van der Waals surface area contributed by atoms with Crippen LogP contribution in [0.4, 0.5) is 0 Å². The van der Waals surface area contributed by atoms with Crippen LogP contribution in [0.1, 0.15) is 46.1 Å². The molecule has 1 aromatic rings. The van der Waals surface area contributed by atoms with E-state index in [4.69, 9.17) is 10.5 Å². The van der Waals surface area contributed by atoms with Gasteiger partial charge in [-0.15, -0.1) is 0 Å². The quantitative estimate of drug-likeness (QED) is 0.848. The molecule has 0 aromatic heterocycles. The average Bonchev–Trinajstić information content (AvgIpc) is 2.28. The van der Waals surface area contributed by atoms with E-state index in [0.717, 1.165) is 18.6 Å². The summed E-state index contributed by atoms with van der Waals surface area (Å²) in [5, 5.41) is 0. The molecule has 2 heteroatoms. The molecule has 0 radical (unpaired) electrons. The first-order chi connectivity index (χ1) is 7.97. The van der Waals surface area contributed by atoms with Gasteiger partial charge in [-0.3, -0.25) is 0 Å². The van der Waals surface area contributed by atoms with Crippen molar-refractivity contribution in [3.8, 4) is 5.75 Å². The Hall–Kier alpha value is -1.02. The topological polar surface area (TPSA) is 35.2 Å². The predicted octanol–water partition coefficient (Wildman–Crippen LogP) is 3.49. The number of benzene rings is 1. The maximum Gasteiger partial charge on any atom is 0.119 e. The number of hydrogen-bond acceptors (Lipinski definition) is 2. The molecule has 0 saturated heterocycles. The van der Waals surface area contributed by atoms with Crippen LogP contribution < -0.4 is 10.5 Å². The molecule has 1 rings (SSSR count). The van der Waals surface area contributed by atoms with Gasteiger partial charge in [0, 0.05) is 0 Å². The molecule has 0 amide bonds. The van der Waals surface area contributed by atoms with Gasteiger partial charge in [0.05, 0.1) is 6.10 Å². The molecule has 0 spiro atoms. The second kappa shape index (κ2) is 6.06. The van der Waals surface area contributed by atoms with Crippen molar-refractivity contribution in [1.82, 2.24) is 0 Å². The standard InChI is InChI=1S/C15H25NO/c1-5-13(10-11-16)17-14-8-6-12(7-9-14)15(2,3)4/h6-9,13H,5,10-11,16H2,1-4H3. The lowest BCUT2D eigenvalue weighted by atomic mass is 9.87. The summed E-state index contributed by atoms with van der Waals surface area (Å²) >= 11 is 0. The highest BCUT2D eigenvalue weighted by Crippen LogP contribution is 2.25. The van der Waals surface area contributed by atoms with Crippen LogP contribution in [0.2, 0.25) is 0 Å². The Kier molecular flexibility index (Phi) is 5.01. The summed E-state index contributed by atoms with van der Waals surface area (Å²) < 4.78 is 5.89. The minimum Gasteiger partial charge on any atom is -0.490 e. The van der Waals surface area contributed by atoms with Crippen LogP contribution in [0.15, 0.2) is 24.3 Å². The molecule has 0 aliphatic heterocycles. The fraction of sp³-hybridized carbons (Fsp3) is 0.600. The monoisotopic (exact) mass is 235 g/mol. The summed E-state index contributed by atoms with van der Waals surface area (Å²) in [6, 6.07) is 8.40. The number of nitrogens with two attached hydrogens (primary N) is 1.